The lowest BCUT2D eigenvalue weighted by molar-refractivity contribution is 1.29. The maximum absolute atomic E-state index is 4.29. The third-order valence-corrected chi connectivity index (χ3v) is 1.61. The molecule has 0 fully saturated rings. The Morgan fingerprint density at radius 3 is 2.44 bits per heavy atom. The fourth-order valence-corrected chi connectivity index (χ4v) is 1.02. The van der Waals surface area contributed by atoms with E-state index >= 15 is 0 Å². The van der Waals surface area contributed by atoms with Crippen molar-refractivity contribution < 1.29 is 0 Å². The van der Waals surface area contributed by atoms with Gasteiger partial charge in [-0.25, -0.2) is 0 Å². The van der Waals surface area contributed by atoms with Gasteiger partial charge in [0.05, 0.1) is 11.4 Å². The first-order valence-corrected chi connectivity index (χ1v) is 5.61. The molecule has 0 spiro atoms. The van der Waals surface area contributed by atoms with E-state index in [4.69, 9.17) is 0 Å². The Morgan fingerprint density at radius 2 is 1.94 bits per heavy atom. The average Bonchev–Trinajstić information content (AvgIpc) is 2.38. The monoisotopic (exact) mass is 216 g/mol. The predicted octanol–water partition coefficient (Wildman–Crippen LogP) is 4.01. The molecule has 86 valence electrons. The molecule has 0 aromatic carbocycles. The summed E-state index contributed by atoms with van der Waals surface area (Å²) < 4.78 is 0. The van der Waals surface area contributed by atoms with Crippen molar-refractivity contribution in [3.63, 3.8) is 0 Å². The van der Waals surface area contributed by atoms with Gasteiger partial charge in [0, 0.05) is 12.4 Å². The molecule has 2 heteroatoms. The van der Waals surface area contributed by atoms with Gasteiger partial charge in [0.1, 0.15) is 0 Å². The van der Waals surface area contributed by atoms with E-state index in [9.17, 15) is 0 Å². The minimum absolute atomic E-state index is 0.881. The minimum atomic E-state index is 0.881. The number of rotatable bonds is 3. The van der Waals surface area contributed by atoms with Gasteiger partial charge in [-0.3, -0.25) is 9.98 Å². The number of aliphatic imine (C=N–C) groups is 1. The van der Waals surface area contributed by atoms with Gasteiger partial charge in [-0.2, -0.15) is 0 Å². The van der Waals surface area contributed by atoms with Crippen molar-refractivity contribution in [3.05, 3.63) is 54.5 Å². The van der Waals surface area contributed by atoms with Crippen molar-refractivity contribution in [1.82, 2.24) is 4.98 Å². The third kappa shape index (κ3) is 5.25. The maximum Gasteiger partial charge on any atom is 0.0885 e. The van der Waals surface area contributed by atoms with E-state index in [1.54, 1.807) is 12.4 Å². The molecule has 0 aliphatic heterocycles. The van der Waals surface area contributed by atoms with Crippen LogP contribution in [-0.2, 0) is 0 Å². The van der Waals surface area contributed by atoms with Crippen molar-refractivity contribution in [1.29, 1.82) is 0 Å². The van der Waals surface area contributed by atoms with E-state index in [2.05, 4.69) is 9.98 Å². The van der Waals surface area contributed by atoms with Crippen molar-refractivity contribution in [2.45, 2.75) is 27.7 Å². The molecule has 0 aliphatic rings. The van der Waals surface area contributed by atoms with Crippen LogP contribution in [0.2, 0.25) is 0 Å². The summed E-state index contributed by atoms with van der Waals surface area (Å²) in [6, 6.07) is 5.80. The van der Waals surface area contributed by atoms with Crippen LogP contribution in [0.5, 0.6) is 0 Å². The van der Waals surface area contributed by atoms with Crippen LogP contribution in [0.1, 0.15) is 33.4 Å². The molecule has 16 heavy (non-hydrogen) atoms. The highest BCUT2D eigenvalue weighted by Gasteiger charge is 1.97. The number of hydrogen-bond donors (Lipinski definition) is 0. The third-order valence-electron chi connectivity index (χ3n) is 1.61. The highest BCUT2D eigenvalue weighted by Crippen LogP contribution is 1.99. The Morgan fingerprint density at radius 1 is 1.19 bits per heavy atom. The van der Waals surface area contributed by atoms with E-state index in [-0.39, 0.29) is 0 Å². The van der Waals surface area contributed by atoms with E-state index in [0.717, 1.165) is 11.4 Å². The standard InChI is InChI=1S/C12H14N2.C2H6/c1-3-7-11(13-9-4-2)12-8-5-6-10-14-12;1-2/h3-10H,1-2H3;1-2H3/b7-3-,9-4-,13-11+;. The number of hydrogen-bond acceptors (Lipinski definition) is 2. The summed E-state index contributed by atoms with van der Waals surface area (Å²) in [6.07, 6.45) is 9.33. The van der Waals surface area contributed by atoms with Crippen LogP contribution in [-0.4, -0.2) is 10.7 Å². The molecule has 0 bridgehead atoms. The van der Waals surface area contributed by atoms with Gasteiger partial charge in [-0.15, -0.1) is 0 Å². The molecule has 0 aliphatic carbocycles. The van der Waals surface area contributed by atoms with E-state index in [1.165, 1.54) is 0 Å². The fraction of sp³-hybridized carbons (Fsp3) is 0.286. The lowest BCUT2D eigenvalue weighted by Gasteiger charge is -1.97. The summed E-state index contributed by atoms with van der Waals surface area (Å²) in [4.78, 5) is 8.52. The van der Waals surface area contributed by atoms with Crippen LogP contribution in [0.25, 0.3) is 0 Å². The molecule has 0 saturated carbocycles. The summed E-state index contributed by atoms with van der Waals surface area (Å²) in [5.41, 5.74) is 1.77. The van der Waals surface area contributed by atoms with Crippen LogP contribution in [0.4, 0.5) is 0 Å². The zero-order chi connectivity index (χ0) is 12.2. The maximum atomic E-state index is 4.29. The minimum Gasteiger partial charge on any atom is -0.255 e. The molecule has 0 saturated heterocycles. The first-order valence-electron chi connectivity index (χ1n) is 5.61. The highest BCUT2D eigenvalue weighted by atomic mass is 14.8. The summed E-state index contributed by atoms with van der Waals surface area (Å²) in [7, 11) is 0. The molecule has 0 N–H and O–H groups in total. The summed E-state index contributed by atoms with van der Waals surface area (Å²) in [6.45, 7) is 7.91. The SMILES string of the molecule is CC.C\C=C/N=C(\C=C/C)c1ccccn1. The first-order chi connectivity index (χ1) is 7.88. The van der Waals surface area contributed by atoms with E-state index in [0.29, 0.717) is 0 Å². The second kappa shape index (κ2) is 9.84. The first kappa shape index (κ1) is 14.3. The Hall–Kier alpha value is -1.70. The second-order valence-corrected chi connectivity index (χ2v) is 2.71. The number of nitrogens with zero attached hydrogens (tertiary/aromatic N) is 2. The Bertz CT molecular complexity index is 348. The van der Waals surface area contributed by atoms with Crippen LogP contribution in [0.15, 0.2) is 53.8 Å². The number of aromatic nitrogens is 1. The summed E-state index contributed by atoms with van der Waals surface area (Å²) in [5, 5.41) is 0. The van der Waals surface area contributed by atoms with Gasteiger partial charge in [0.15, 0.2) is 0 Å². The lowest BCUT2D eigenvalue weighted by atomic mass is 10.2. The molecular weight excluding hydrogens is 196 g/mol. The number of allylic oxidation sites excluding steroid dienone is 3. The van der Waals surface area contributed by atoms with Gasteiger partial charge in [-0.05, 0) is 32.1 Å². The van der Waals surface area contributed by atoms with Gasteiger partial charge < -0.3 is 0 Å². The average molecular weight is 216 g/mol. The summed E-state index contributed by atoms with van der Waals surface area (Å²) in [5.74, 6) is 0. The molecule has 0 atom stereocenters. The van der Waals surface area contributed by atoms with Crippen LogP contribution >= 0.6 is 0 Å². The normalized spacial score (nSPS) is 11.6. The Labute approximate surface area is 98.5 Å². The van der Waals surface area contributed by atoms with Gasteiger partial charge in [0.2, 0.25) is 0 Å². The largest absolute Gasteiger partial charge is 0.255 e. The van der Waals surface area contributed by atoms with Crippen molar-refractivity contribution in [2.75, 3.05) is 0 Å². The van der Waals surface area contributed by atoms with Crippen LogP contribution in [0.3, 0.4) is 0 Å². The summed E-state index contributed by atoms with van der Waals surface area (Å²) >= 11 is 0. The Kier molecular flexibility index (Phi) is 8.79. The predicted molar refractivity (Wildman–Crippen MR) is 71.8 cm³/mol. The smallest absolute Gasteiger partial charge is 0.0885 e. The molecule has 0 unspecified atom stereocenters. The molecule has 1 aromatic heterocycles. The fourth-order valence-electron chi connectivity index (χ4n) is 1.02. The van der Waals surface area contributed by atoms with Crippen molar-refractivity contribution in [3.8, 4) is 0 Å². The molecule has 1 rings (SSSR count). The van der Waals surface area contributed by atoms with Crippen LogP contribution in [0, 0.1) is 0 Å². The second-order valence-electron chi connectivity index (χ2n) is 2.71. The molecular formula is C14H20N2. The quantitative estimate of drug-likeness (QED) is 0.701. The van der Waals surface area contributed by atoms with Crippen LogP contribution < -0.4 is 0 Å². The van der Waals surface area contributed by atoms with E-state index < -0.39 is 0 Å². The zero-order valence-electron chi connectivity index (χ0n) is 10.5. The zero-order valence-corrected chi connectivity index (χ0v) is 10.5. The molecule has 1 heterocycles. The van der Waals surface area contributed by atoms with Crippen molar-refractivity contribution in [2.24, 2.45) is 4.99 Å². The van der Waals surface area contributed by atoms with E-state index in [1.807, 2.05) is 64.1 Å². The topological polar surface area (TPSA) is 25.2 Å². The van der Waals surface area contributed by atoms with Gasteiger partial charge in [-0.1, -0.05) is 32.1 Å². The molecule has 0 radical (unpaired) electrons. The molecule has 2 nitrogen and oxygen atoms in total. The Balaban J connectivity index is 0.00000106. The van der Waals surface area contributed by atoms with Crippen molar-refractivity contribution >= 4 is 5.71 Å². The van der Waals surface area contributed by atoms with Gasteiger partial charge in [0.25, 0.3) is 0 Å². The lowest BCUT2D eigenvalue weighted by Crippen LogP contribution is -1.98. The molecule has 1 aromatic rings. The number of pyridine rings is 1. The molecule has 0 amide bonds. The highest BCUT2D eigenvalue weighted by molar-refractivity contribution is 6.07. The van der Waals surface area contributed by atoms with Gasteiger partial charge >= 0.3 is 0 Å².